The molecule has 1 aliphatic carbocycles. The van der Waals surface area contributed by atoms with Gasteiger partial charge in [0.1, 0.15) is 0 Å². The zero-order chi connectivity index (χ0) is 12.1. The summed E-state index contributed by atoms with van der Waals surface area (Å²) < 4.78 is 0. The van der Waals surface area contributed by atoms with Gasteiger partial charge in [-0.1, -0.05) is 12.1 Å². The Hall–Kier alpha value is -0.550. The highest BCUT2D eigenvalue weighted by molar-refractivity contribution is 7.99. The lowest BCUT2D eigenvalue weighted by Crippen LogP contribution is -2.15. The third-order valence-electron chi connectivity index (χ3n) is 2.72. The molecule has 3 nitrogen and oxygen atoms in total. The van der Waals surface area contributed by atoms with Crippen molar-refractivity contribution in [1.29, 1.82) is 0 Å². The number of hydrogen-bond acceptors (Lipinski definition) is 4. The van der Waals surface area contributed by atoms with Crippen LogP contribution in [0.4, 0.5) is 0 Å². The molecule has 1 aromatic rings. The molecule has 1 fully saturated rings. The van der Waals surface area contributed by atoms with Crippen LogP contribution in [0.2, 0.25) is 0 Å². The predicted octanol–water partition coefficient (Wildman–Crippen LogP) is 1.38. The highest BCUT2D eigenvalue weighted by atomic mass is 32.2. The number of rotatable bonds is 7. The summed E-state index contributed by atoms with van der Waals surface area (Å²) in [6.07, 6.45) is 1.97. The molecule has 0 amide bonds. The van der Waals surface area contributed by atoms with Crippen LogP contribution < -0.4 is 5.32 Å². The van der Waals surface area contributed by atoms with E-state index in [-0.39, 0.29) is 6.61 Å². The van der Waals surface area contributed by atoms with Crippen molar-refractivity contribution in [2.45, 2.75) is 36.4 Å². The Morgan fingerprint density at radius 1 is 1.41 bits per heavy atom. The van der Waals surface area contributed by atoms with Gasteiger partial charge in [-0.25, -0.2) is 0 Å². The maximum atomic E-state index is 9.29. The van der Waals surface area contributed by atoms with Gasteiger partial charge in [0.15, 0.2) is 0 Å². The van der Waals surface area contributed by atoms with Gasteiger partial charge in [0.2, 0.25) is 0 Å². The molecule has 0 saturated heterocycles. The van der Waals surface area contributed by atoms with Crippen molar-refractivity contribution < 1.29 is 10.2 Å². The van der Waals surface area contributed by atoms with E-state index in [2.05, 4.69) is 17.4 Å². The molecule has 1 aromatic carbocycles. The fraction of sp³-hybridized carbons (Fsp3) is 0.538. The van der Waals surface area contributed by atoms with Crippen molar-refractivity contribution in [3.8, 4) is 0 Å². The largest absolute Gasteiger partial charge is 0.394 e. The maximum Gasteiger partial charge on any atom is 0.0864 e. The second kappa shape index (κ2) is 6.40. The molecule has 17 heavy (non-hydrogen) atoms. The summed E-state index contributed by atoms with van der Waals surface area (Å²) in [5.74, 6) is 0.538. The van der Waals surface area contributed by atoms with Crippen molar-refractivity contribution in [3.63, 3.8) is 0 Å². The maximum absolute atomic E-state index is 9.29. The summed E-state index contributed by atoms with van der Waals surface area (Å²) in [4.78, 5) is 1.15. The lowest BCUT2D eigenvalue weighted by molar-refractivity contribution is 0.113. The lowest BCUT2D eigenvalue weighted by Gasteiger charge is -2.08. The van der Waals surface area contributed by atoms with Crippen molar-refractivity contribution in [3.05, 3.63) is 29.8 Å². The van der Waals surface area contributed by atoms with Gasteiger partial charge < -0.3 is 15.5 Å². The van der Waals surface area contributed by atoms with Crippen LogP contribution >= 0.6 is 11.8 Å². The number of aliphatic hydroxyl groups is 2. The Morgan fingerprint density at radius 2 is 2.24 bits per heavy atom. The van der Waals surface area contributed by atoms with Crippen molar-refractivity contribution >= 4 is 11.8 Å². The Labute approximate surface area is 106 Å². The van der Waals surface area contributed by atoms with Gasteiger partial charge in [-0.15, -0.1) is 11.8 Å². The molecule has 1 atom stereocenters. The molecule has 0 aliphatic heterocycles. The van der Waals surface area contributed by atoms with E-state index in [1.807, 2.05) is 12.1 Å². The van der Waals surface area contributed by atoms with Crippen LogP contribution in [0.1, 0.15) is 18.4 Å². The van der Waals surface area contributed by atoms with Gasteiger partial charge in [0.05, 0.1) is 12.7 Å². The monoisotopic (exact) mass is 253 g/mol. The first-order valence-electron chi connectivity index (χ1n) is 6.02. The highest BCUT2D eigenvalue weighted by Gasteiger charge is 2.19. The molecule has 1 aliphatic rings. The van der Waals surface area contributed by atoms with E-state index in [9.17, 15) is 5.11 Å². The zero-order valence-corrected chi connectivity index (χ0v) is 10.6. The van der Waals surface area contributed by atoms with Crippen LogP contribution in [-0.2, 0) is 6.54 Å². The first-order valence-corrected chi connectivity index (χ1v) is 7.00. The minimum absolute atomic E-state index is 0.171. The molecule has 0 aromatic heterocycles. The molecule has 0 spiro atoms. The first-order chi connectivity index (χ1) is 8.28. The molecule has 1 unspecified atom stereocenters. The topological polar surface area (TPSA) is 52.5 Å². The number of hydrogen-bond donors (Lipinski definition) is 3. The van der Waals surface area contributed by atoms with E-state index < -0.39 is 6.10 Å². The highest BCUT2D eigenvalue weighted by Crippen LogP contribution is 2.22. The van der Waals surface area contributed by atoms with E-state index >= 15 is 0 Å². The van der Waals surface area contributed by atoms with Gasteiger partial charge in [0.25, 0.3) is 0 Å². The molecule has 4 heteroatoms. The second-order valence-corrected chi connectivity index (χ2v) is 5.54. The van der Waals surface area contributed by atoms with Crippen LogP contribution in [0.5, 0.6) is 0 Å². The van der Waals surface area contributed by atoms with Crippen molar-refractivity contribution in [1.82, 2.24) is 5.32 Å². The molecule has 3 N–H and O–H groups in total. The number of thioether (sulfide) groups is 1. The Balaban J connectivity index is 1.82. The van der Waals surface area contributed by atoms with Crippen LogP contribution in [0.15, 0.2) is 29.2 Å². The van der Waals surface area contributed by atoms with Gasteiger partial charge >= 0.3 is 0 Å². The second-order valence-electron chi connectivity index (χ2n) is 4.45. The fourth-order valence-corrected chi connectivity index (χ4v) is 2.44. The van der Waals surface area contributed by atoms with Crippen LogP contribution in [0, 0.1) is 0 Å². The average molecular weight is 253 g/mol. The molecule has 1 saturated carbocycles. The van der Waals surface area contributed by atoms with E-state index in [1.54, 1.807) is 11.8 Å². The van der Waals surface area contributed by atoms with Crippen molar-refractivity contribution in [2.24, 2.45) is 0 Å². The van der Waals surface area contributed by atoms with E-state index in [1.165, 1.54) is 18.4 Å². The van der Waals surface area contributed by atoms with E-state index in [0.29, 0.717) is 5.75 Å². The molecule has 0 bridgehead atoms. The Morgan fingerprint density at radius 3 is 2.94 bits per heavy atom. The molecular formula is C13H19NO2S. The smallest absolute Gasteiger partial charge is 0.0864 e. The SMILES string of the molecule is OCC(O)CSc1cccc(CNC2CC2)c1. The number of nitrogens with one attached hydrogen (secondary N) is 1. The summed E-state index contributed by atoms with van der Waals surface area (Å²) >= 11 is 1.58. The fourth-order valence-electron chi connectivity index (χ4n) is 1.54. The van der Waals surface area contributed by atoms with Crippen molar-refractivity contribution in [2.75, 3.05) is 12.4 Å². The molecular weight excluding hydrogens is 234 g/mol. The third kappa shape index (κ3) is 4.68. The first kappa shape index (κ1) is 12.9. The summed E-state index contributed by atoms with van der Waals surface area (Å²) in [6, 6.07) is 9.06. The summed E-state index contributed by atoms with van der Waals surface area (Å²) in [7, 11) is 0. The van der Waals surface area contributed by atoms with E-state index in [4.69, 9.17) is 5.11 Å². The Kier molecular flexibility index (Phi) is 4.86. The summed E-state index contributed by atoms with van der Waals surface area (Å²) in [6.45, 7) is 0.748. The van der Waals surface area contributed by atoms with E-state index in [0.717, 1.165) is 17.5 Å². The lowest BCUT2D eigenvalue weighted by atomic mass is 10.2. The average Bonchev–Trinajstić information content (AvgIpc) is 3.18. The Bertz CT molecular complexity index is 355. The van der Waals surface area contributed by atoms with Gasteiger partial charge in [-0.3, -0.25) is 0 Å². The third-order valence-corrected chi connectivity index (χ3v) is 3.86. The quantitative estimate of drug-likeness (QED) is 0.643. The minimum atomic E-state index is -0.631. The van der Waals surface area contributed by atoms with Crippen LogP contribution in [-0.4, -0.2) is 34.7 Å². The predicted molar refractivity (Wildman–Crippen MR) is 70.1 cm³/mol. The summed E-state index contributed by atoms with van der Waals surface area (Å²) in [5.41, 5.74) is 1.28. The van der Waals surface area contributed by atoms with Gasteiger partial charge in [-0.05, 0) is 30.5 Å². The van der Waals surface area contributed by atoms with Crippen LogP contribution in [0.3, 0.4) is 0 Å². The number of benzene rings is 1. The summed E-state index contributed by atoms with van der Waals surface area (Å²) in [5, 5.41) is 21.5. The van der Waals surface area contributed by atoms with Crippen LogP contribution in [0.25, 0.3) is 0 Å². The normalized spacial score (nSPS) is 17.1. The number of aliphatic hydroxyl groups excluding tert-OH is 2. The molecule has 0 radical (unpaired) electrons. The van der Waals surface area contributed by atoms with Gasteiger partial charge in [0, 0.05) is 23.2 Å². The van der Waals surface area contributed by atoms with Gasteiger partial charge in [-0.2, -0.15) is 0 Å². The zero-order valence-electron chi connectivity index (χ0n) is 9.80. The molecule has 0 heterocycles. The minimum Gasteiger partial charge on any atom is -0.394 e. The molecule has 94 valence electrons. The molecule has 2 rings (SSSR count). The standard InChI is InChI=1S/C13H19NO2S/c15-8-12(16)9-17-13-3-1-2-10(6-13)7-14-11-4-5-11/h1-3,6,11-12,14-16H,4-5,7-9H2.